The van der Waals surface area contributed by atoms with Gasteiger partial charge in [-0.25, -0.2) is 4.79 Å². The molecule has 0 aromatic rings. The lowest BCUT2D eigenvalue weighted by molar-refractivity contribution is -0.158. The molecule has 4 heteroatoms. The van der Waals surface area contributed by atoms with Crippen LogP contribution in [-0.2, 0) is 9.53 Å². The highest BCUT2D eigenvalue weighted by Crippen LogP contribution is 2.08. The second-order valence-corrected chi connectivity index (χ2v) is 3.38. The van der Waals surface area contributed by atoms with E-state index in [1.807, 2.05) is 0 Å². The molecule has 0 spiro atoms. The molecule has 4 nitrogen and oxygen atoms in total. The summed E-state index contributed by atoms with van der Waals surface area (Å²) in [6, 6.07) is -0.857. The topological polar surface area (TPSA) is 58.6 Å². The van der Waals surface area contributed by atoms with Gasteiger partial charge in [-0.3, -0.25) is 0 Å². The molecule has 70 valence electrons. The Morgan fingerprint density at radius 1 is 1.67 bits per heavy atom. The van der Waals surface area contributed by atoms with Crippen molar-refractivity contribution in [3.05, 3.63) is 12.7 Å². The monoisotopic (exact) mass is 173 g/mol. The van der Waals surface area contributed by atoms with Gasteiger partial charge in [0.05, 0.1) is 0 Å². The Labute approximate surface area is 72.2 Å². The summed E-state index contributed by atoms with van der Waals surface area (Å²) in [4.78, 5) is 11.1. The molecule has 0 aliphatic heterocycles. The largest absolute Gasteiger partial charge is 0.459 e. The average molecular weight is 173 g/mol. The first-order chi connectivity index (χ1) is 5.40. The standard InChI is InChI=1S/C8H15NO3/c1-5-6(9-11)7(10)12-8(2,3)4/h5-6,9,11H,1H2,2-4H3. The normalized spacial score (nSPS) is 13.7. The van der Waals surface area contributed by atoms with Crippen molar-refractivity contribution >= 4 is 5.97 Å². The van der Waals surface area contributed by atoms with E-state index in [-0.39, 0.29) is 0 Å². The zero-order valence-electron chi connectivity index (χ0n) is 7.63. The molecule has 0 bridgehead atoms. The number of nitrogens with one attached hydrogen (secondary N) is 1. The van der Waals surface area contributed by atoms with Crippen molar-refractivity contribution in [2.24, 2.45) is 0 Å². The molecular weight excluding hydrogens is 158 g/mol. The van der Waals surface area contributed by atoms with Crippen LogP contribution in [0.25, 0.3) is 0 Å². The quantitative estimate of drug-likeness (QED) is 0.377. The summed E-state index contributed by atoms with van der Waals surface area (Å²) in [5.41, 5.74) is 1.24. The smallest absolute Gasteiger partial charge is 0.329 e. The molecule has 2 N–H and O–H groups in total. The summed E-state index contributed by atoms with van der Waals surface area (Å²) in [5.74, 6) is -0.542. The van der Waals surface area contributed by atoms with Gasteiger partial charge in [0, 0.05) is 0 Å². The highest BCUT2D eigenvalue weighted by atomic mass is 16.6. The molecule has 0 saturated heterocycles. The van der Waals surface area contributed by atoms with E-state index in [2.05, 4.69) is 6.58 Å². The van der Waals surface area contributed by atoms with Crippen LogP contribution in [0.4, 0.5) is 0 Å². The minimum absolute atomic E-state index is 0.542. The molecule has 1 atom stereocenters. The van der Waals surface area contributed by atoms with E-state index in [0.717, 1.165) is 0 Å². The third-order valence-electron chi connectivity index (χ3n) is 1.04. The van der Waals surface area contributed by atoms with Crippen LogP contribution >= 0.6 is 0 Å². The predicted molar refractivity (Wildman–Crippen MR) is 44.8 cm³/mol. The van der Waals surface area contributed by atoms with Crippen LogP contribution in [0, 0.1) is 0 Å². The number of carbonyl (C=O) groups is 1. The SMILES string of the molecule is C=CC(NO)C(=O)OC(C)(C)C. The number of hydrogen-bond acceptors (Lipinski definition) is 4. The second-order valence-electron chi connectivity index (χ2n) is 3.38. The molecule has 0 amide bonds. The Bertz CT molecular complexity index is 172. The fourth-order valence-corrected chi connectivity index (χ4v) is 0.567. The van der Waals surface area contributed by atoms with Crippen LogP contribution in [-0.4, -0.2) is 22.8 Å². The van der Waals surface area contributed by atoms with Gasteiger partial charge in [0.25, 0.3) is 0 Å². The van der Waals surface area contributed by atoms with Gasteiger partial charge in [-0.15, -0.1) is 6.58 Å². The van der Waals surface area contributed by atoms with Gasteiger partial charge in [0.1, 0.15) is 11.6 Å². The Morgan fingerprint density at radius 2 is 2.17 bits per heavy atom. The summed E-state index contributed by atoms with van der Waals surface area (Å²) in [6.45, 7) is 8.62. The van der Waals surface area contributed by atoms with Crippen molar-refractivity contribution < 1.29 is 14.7 Å². The van der Waals surface area contributed by atoms with Crippen LogP contribution in [0.5, 0.6) is 0 Å². The van der Waals surface area contributed by atoms with E-state index in [1.54, 1.807) is 26.3 Å². The molecule has 0 radical (unpaired) electrons. The predicted octanol–water partition coefficient (Wildman–Crippen LogP) is 0.861. The Kier molecular flexibility index (Phi) is 3.92. The molecule has 0 rings (SSSR count). The summed E-state index contributed by atoms with van der Waals surface area (Å²) in [5, 5.41) is 8.47. The zero-order chi connectivity index (χ0) is 9.78. The molecular formula is C8H15NO3. The number of esters is 1. The summed E-state index contributed by atoms with van der Waals surface area (Å²) < 4.78 is 4.95. The van der Waals surface area contributed by atoms with Gasteiger partial charge >= 0.3 is 5.97 Å². The Hall–Kier alpha value is -0.870. The zero-order valence-corrected chi connectivity index (χ0v) is 7.63. The van der Waals surface area contributed by atoms with Crippen LogP contribution in [0.3, 0.4) is 0 Å². The van der Waals surface area contributed by atoms with Crippen LogP contribution in [0.2, 0.25) is 0 Å². The molecule has 0 heterocycles. The van der Waals surface area contributed by atoms with Crippen LogP contribution < -0.4 is 5.48 Å². The van der Waals surface area contributed by atoms with Gasteiger partial charge in [0.2, 0.25) is 0 Å². The molecule has 0 aromatic carbocycles. The number of hydroxylamine groups is 1. The van der Waals surface area contributed by atoms with E-state index in [4.69, 9.17) is 9.94 Å². The van der Waals surface area contributed by atoms with Crippen molar-refractivity contribution in [1.82, 2.24) is 5.48 Å². The van der Waals surface area contributed by atoms with Crippen molar-refractivity contribution in [3.63, 3.8) is 0 Å². The summed E-state index contributed by atoms with van der Waals surface area (Å²) >= 11 is 0. The fourth-order valence-electron chi connectivity index (χ4n) is 0.567. The number of rotatable bonds is 3. The van der Waals surface area contributed by atoms with E-state index in [9.17, 15) is 4.79 Å². The van der Waals surface area contributed by atoms with Crippen LogP contribution in [0.1, 0.15) is 20.8 Å². The van der Waals surface area contributed by atoms with Gasteiger partial charge in [-0.1, -0.05) is 6.08 Å². The molecule has 0 aliphatic carbocycles. The first kappa shape index (κ1) is 11.1. The van der Waals surface area contributed by atoms with Crippen molar-refractivity contribution in [2.75, 3.05) is 0 Å². The maximum absolute atomic E-state index is 11.1. The second kappa shape index (κ2) is 4.23. The lowest BCUT2D eigenvalue weighted by Gasteiger charge is -2.21. The van der Waals surface area contributed by atoms with E-state index >= 15 is 0 Å². The van der Waals surface area contributed by atoms with Crippen LogP contribution in [0.15, 0.2) is 12.7 Å². The van der Waals surface area contributed by atoms with Gasteiger partial charge in [0.15, 0.2) is 0 Å². The minimum atomic E-state index is -0.857. The van der Waals surface area contributed by atoms with E-state index in [0.29, 0.717) is 0 Å². The minimum Gasteiger partial charge on any atom is -0.459 e. The lowest BCUT2D eigenvalue weighted by atomic mass is 10.2. The third-order valence-corrected chi connectivity index (χ3v) is 1.04. The van der Waals surface area contributed by atoms with Crippen molar-refractivity contribution in [2.45, 2.75) is 32.4 Å². The molecule has 1 unspecified atom stereocenters. The molecule has 0 aliphatic rings. The Morgan fingerprint density at radius 3 is 2.42 bits per heavy atom. The highest BCUT2D eigenvalue weighted by Gasteiger charge is 2.21. The first-order valence-electron chi connectivity index (χ1n) is 3.65. The summed E-state index contributed by atoms with van der Waals surface area (Å²) in [7, 11) is 0. The van der Waals surface area contributed by atoms with E-state index in [1.165, 1.54) is 6.08 Å². The van der Waals surface area contributed by atoms with Crippen molar-refractivity contribution in [3.8, 4) is 0 Å². The maximum Gasteiger partial charge on any atom is 0.329 e. The van der Waals surface area contributed by atoms with Crippen molar-refractivity contribution in [1.29, 1.82) is 0 Å². The number of ether oxygens (including phenoxy) is 1. The van der Waals surface area contributed by atoms with E-state index < -0.39 is 17.6 Å². The first-order valence-corrected chi connectivity index (χ1v) is 3.65. The van der Waals surface area contributed by atoms with Gasteiger partial charge < -0.3 is 9.94 Å². The van der Waals surface area contributed by atoms with Gasteiger partial charge in [-0.05, 0) is 20.8 Å². The number of carbonyl (C=O) groups excluding carboxylic acids is 1. The fraction of sp³-hybridized carbons (Fsp3) is 0.625. The molecule has 0 fully saturated rings. The maximum atomic E-state index is 11.1. The molecule has 0 saturated carbocycles. The average Bonchev–Trinajstić information content (AvgIpc) is 1.85. The third kappa shape index (κ3) is 4.10. The lowest BCUT2D eigenvalue weighted by Crippen LogP contribution is -2.38. The molecule has 12 heavy (non-hydrogen) atoms. The van der Waals surface area contributed by atoms with Gasteiger partial charge in [-0.2, -0.15) is 5.48 Å². The summed E-state index contributed by atoms with van der Waals surface area (Å²) in [6.07, 6.45) is 1.27. The Balaban J connectivity index is 4.11. The number of hydrogen-bond donors (Lipinski definition) is 2. The molecule has 0 aromatic heterocycles. The highest BCUT2D eigenvalue weighted by molar-refractivity contribution is 5.78.